The van der Waals surface area contributed by atoms with Gasteiger partial charge in [-0.2, -0.15) is 0 Å². The van der Waals surface area contributed by atoms with E-state index in [0.717, 1.165) is 6.07 Å². The van der Waals surface area contributed by atoms with Crippen molar-refractivity contribution in [1.29, 1.82) is 0 Å². The van der Waals surface area contributed by atoms with E-state index >= 15 is 0 Å². The smallest absolute Gasteiger partial charge is 0.201 e. The molecule has 0 amide bonds. The molecule has 0 aliphatic carbocycles. The van der Waals surface area contributed by atoms with Crippen LogP contribution in [0.15, 0.2) is 18.5 Å². The van der Waals surface area contributed by atoms with Crippen LogP contribution < -0.4 is 5.73 Å². The number of nitrogen functional groups attached to an aromatic ring is 1. The minimum absolute atomic E-state index is 0.0427. The summed E-state index contributed by atoms with van der Waals surface area (Å²) in [5, 5.41) is 7.64. The van der Waals surface area contributed by atoms with Gasteiger partial charge >= 0.3 is 0 Å². The van der Waals surface area contributed by atoms with Gasteiger partial charge in [0.2, 0.25) is 5.95 Å². The fourth-order valence-corrected chi connectivity index (χ4v) is 1.93. The van der Waals surface area contributed by atoms with Gasteiger partial charge in [-0.3, -0.25) is 0 Å². The summed E-state index contributed by atoms with van der Waals surface area (Å²) in [5.41, 5.74) is 6.08. The Morgan fingerprint density at radius 1 is 1.32 bits per heavy atom. The van der Waals surface area contributed by atoms with Crippen LogP contribution in [0.5, 0.6) is 0 Å². The Bertz CT molecular complexity index is 760. The standard InChI is InChI=1S/C11H10F2N6/c1-18-5-15-17-9(18)4-19-8-3-6(12)2-7(13)10(8)16-11(19)14/h2-3,5H,4H2,1H3,(H2,14,16). The summed E-state index contributed by atoms with van der Waals surface area (Å²) in [6.07, 6.45) is 1.53. The Labute approximate surface area is 106 Å². The molecule has 2 N–H and O–H groups in total. The van der Waals surface area contributed by atoms with E-state index in [-0.39, 0.29) is 23.5 Å². The minimum atomic E-state index is -0.738. The molecule has 98 valence electrons. The lowest BCUT2D eigenvalue weighted by Gasteiger charge is -2.05. The summed E-state index contributed by atoms with van der Waals surface area (Å²) in [5.74, 6) is -0.708. The zero-order valence-corrected chi connectivity index (χ0v) is 10.0. The molecule has 0 saturated heterocycles. The van der Waals surface area contributed by atoms with Crippen LogP contribution in [0.2, 0.25) is 0 Å². The van der Waals surface area contributed by atoms with Gasteiger partial charge < -0.3 is 14.9 Å². The lowest BCUT2D eigenvalue weighted by atomic mass is 10.3. The molecular weight excluding hydrogens is 254 g/mol. The number of aryl methyl sites for hydroxylation is 1. The summed E-state index contributed by atoms with van der Waals surface area (Å²) in [6, 6.07) is 1.97. The predicted octanol–water partition coefficient (Wildman–Crippen LogP) is 1.07. The number of nitrogens with two attached hydrogens (primary N) is 1. The topological polar surface area (TPSA) is 74.5 Å². The quantitative estimate of drug-likeness (QED) is 0.751. The number of aromatic nitrogens is 5. The zero-order valence-electron chi connectivity index (χ0n) is 10.0. The lowest BCUT2D eigenvalue weighted by Crippen LogP contribution is -2.08. The van der Waals surface area contributed by atoms with Crippen LogP contribution in [0.3, 0.4) is 0 Å². The van der Waals surface area contributed by atoms with E-state index in [9.17, 15) is 8.78 Å². The maximum atomic E-state index is 13.6. The van der Waals surface area contributed by atoms with Gasteiger partial charge in [-0.1, -0.05) is 0 Å². The largest absolute Gasteiger partial charge is 0.369 e. The number of anilines is 1. The molecule has 6 nitrogen and oxygen atoms in total. The van der Waals surface area contributed by atoms with Gasteiger partial charge in [0.05, 0.1) is 12.1 Å². The Morgan fingerprint density at radius 2 is 2.11 bits per heavy atom. The summed E-state index contributed by atoms with van der Waals surface area (Å²) < 4.78 is 30.1. The molecule has 0 fully saturated rings. The number of fused-ring (bicyclic) bond motifs is 1. The molecule has 0 radical (unpaired) electrons. The second-order valence-electron chi connectivity index (χ2n) is 4.17. The Hall–Kier alpha value is -2.51. The Kier molecular flexibility index (Phi) is 2.44. The highest BCUT2D eigenvalue weighted by molar-refractivity contribution is 5.79. The highest BCUT2D eigenvalue weighted by atomic mass is 19.1. The minimum Gasteiger partial charge on any atom is -0.369 e. The van der Waals surface area contributed by atoms with Crippen LogP contribution in [0.25, 0.3) is 11.0 Å². The van der Waals surface area contributed by atoms with Crippen molar-refractivity contribution in [1.82, 2.24) is 24.3 Å². The van der Waals surface area contributed by atoms with Crippen molar-refractivity contribution in [2.45, 2.75) is 6.54 Å². The second kappa shape index (κ2) is 4.01. The third-order valence-corrected chi connectivity index (χ3v) is 2.91. The predicted molar refractivity (Wildman–Crippen MR) is 64.2 cm³/mol. The monoisotopic (exact) mass is 264 g/mol. The molecule has 0 aliphatic rings. The maximum Gasteiger partial charge on any atom is 0.201 e. The molecule has 0 aliphatic heterocycles. The van der Waals surface area contributed by atoms with Gasteiger partial charge in [-0.25, -0.2) is 13.8 Å². The molecule has 8 heteroatoms. The van der Waals surface area contributed by atoms with Crippen LogP contribution in [0, 0.1) is 11.6 Å². The third-order valence-electron chi connectivity index (χ3n) is 2.91. The molecule has 2 heterocycles. The average Bonchev–Trinajstić information content (AvgIpc) is 2.87. The van der Waals surface area contributed by atoms with E-state index < -0.39 is 11.6 Å². The number of rotatable bonds is 2. The first-order valence-electron chi connectivity index (χ1n) is 5.50. The lowest BCUT2D eigenvalue weighted by molar-refractivity contribution is 0.590. The third kappa shape index (κ3) is 1.81. The molecule has 0 bridgehead atoms. The SMILES string of the molecule is Cn1cnnc1Cn1c(N)nc2c(F)cc(F)cc21. The molecule has 0 atom stereocenters. The van der Waals surface area contributed by atoms with Crippen LogP contribution >= 0.6 is 0 Å². The molecule has 0 spiro atoms. The summed E-state index contributed by atoms with van der Waals surface area (Å²) in [7, 11) is 1.77. The van der Waals surface area contributed by atoms with Gasteiger partial charge in [-0.15, -0.1) is 10.2 Å². The van der Waals surface area contributed by atoms with Crippen molar-refractivity contribution >= 4 is 17.0 Å². The number of halogens is 2. The van der Waals surface area contributed by atoms with Gasteiger partial charge in [0.25, 0.3) is 0 Å². The molecule has 19 heavy (non-hydrogen) atoms. The molecule has 3 aromatic rings. The van der Waals surface area contributed by atoms with Crippen molar-refractivity contribution in [3.05, 3.63) is 35.9 Å². The van der Waals surface area contributed by atoms with E-state index in [0.29, 0.717) is 5.82 Å². The van der Waals surface area contributed by atoms with Gasteiger partial charge in [-0.05, 0) is 0 Å². The van der Waals surface area contributed by atoms with E-state index in [1.54, 1.807) is 11.6 Å². The molecule has 1 aromatic carbocycles. The maximum absolute atomic E-state index is 13.6. The van der Waals surface area contributed by atoms with Crippen molar-refractivity contribution in [2.75, 3.05) is 5.73 Å². The molecule has 2 aromatic heterocycles. The van der Waals surface area contributed by atoms with E-state index in [4.69, 9.17) is 5.73 Å². The van der Waals surface area contributed by atoms with Crippen LogP contribution in [-0.4, -0.2) is 24.3 Å². The van der Waals surface area contributed by atoms with E-state index in [1.807, 2.05) is 0 Å². The molecular formula is C11H10F2N6. The average molecular weight is 264 g/mol. The zero-order chi connectivity index (χ0) is 13.6. The van der Waals surface area contributed by atoms with E-state index in [2.05, 4.69) is 15.2 Å². The fraction of sp³-hybridized carbons (Fsp3) is 0.182. The number of benzene rings is 1. The van der Waals surface area contributed by atoms with Gasteiger partial charge in [0, 0.05) is 19.2 Å². The van der Waals surface area contributed by atoms with Crippen molar-refractivity contribution in [3.63, 3.8) is 0 Å². The molecule has 0 unspecified atom stereocenters. The molecule has 0 saturated carbocycles. The van der Waals surface area contributed by atoms with Crippen molar-refractivity contribution < 1.29 is 8.78 Å². The number of hydrogen-bond donors (Lipinski definition) is 1. The number of nitrogens with zero attached hydrogens (tertiary/aromatic N) is 5. The highest BCUT2D eigenvalue weighted by Crippen LogP contribution is 2.22. The second-order valence-corrected chi connectivity index (χ2v) is 4.17. The van der Waals surface area contributed by atoms with Crippen molar-refractivity contribution in [3.8, 4) is 0 Å². The number of imidazole rings is 1. The number of hydrogen-bond acceptors (Lipinski definition) is 4. The summed E-state index contributed by atoms with van der Waals surface area (Å²) in [4.78, 5) is 3.91. The first kappa shape index (κ1) is 11.6. The normalized spacial score (nSPS) is 11.3. The summed E-state index contributed by atoms with van der Waals surface area (Å²) in [6.45, 7) is 0.238. The first-order valence-corrected chi connectivity index (χ1v) is 5.50. The van der Waals surface area contributed by atoms with Crippen LogP contribution in [0.4, 0.5) is 14.7 Å². The van der Waals surface area contributed by atoms with Crippen molar-refractivity contribution in [2.24, 2.45) is 7.05 Å². The highest BCUT2D eigenvalue weighted by Gasteiger charge is 2.15. The van der Waals surface area contributed by atoms with E-state index in [1.165, 1.54) is 17.0 Å². The van der Waals surface area contributed by atoms with Gasteiger partial charge in [0.15, 0.2) is 11.6 Å². The molecule has 3 rings (SSSR count). The first-order chi connectivity index (χ1) is 9.06. The van der Waals surface area contributed by atoms with Crippen LogP contribution in [0.1, 0.15) is 5.82 Å². The van der Waals surface area contributed by atoms with Gasteiger partial charge in [0.1, 0.15) is 17.7 Å². The Morgan fingerprint density at radius 3 is 2.79 bits per heavy atom. The fourth-order valence-electron chi connectivity index (χ4n) is 1.93. The van der Waals surface area contributed by atoms with Crippen LogP contribution in [-0.2, 0) is 13.6 Å². The Balaban J connectivity index is 2.18. The summed E-state index contributed by atoms with van der Waals surface area (Å²) >= 11 is 0.